The number of benzene rings is 1. The average molecular weight is 381 g/mol. The molecule has 0 spiro atoms. The standard InChI is InChI=1S/C22H28N4S/c1-4-17-15-27-22-24-20(19-9-7-8-14-23-19)21(26(17)22)16-10-12-18(13-11-16)25(5-2)6-3/h7-14,17,20-21H,4-6,15H2,1-3H3/t17-,20+,21+/m0/s1. The van der Waals surface area contributed by atoms with Crippen molar-refractivity contribution >= 4 is 22.6 Å². The minimum atomic E-state index is 0.0716. The third kappa shape index (κ3) is 3.33. The highest BCUT2D eigenvalue weighted by Crippen LogP contribution is 2.48. The van der Waals surface area contributed by atoms with Gasteiger partial charge in [-0.1, -0.05) is 36.9 Å². The van der Waals surface area contributed by atoms with Gasteiger partial charge in [-0.15, -0.1) is 0 Å². The van der Waals surface area contributed by atoms with E-state index in [1.165, 1.54) is 16.4 Å². The van der Waals surface area contributed by atoms with E-state index in [1.807, 2.05) is 24.0 Å². The van der Waals surface area contributed by atoms with Crippen LogP contribution in [0.4, 0.5) is 5.69 Å². The number of aromatic nitrogens is 1. The highest BCUT2D eigenvalue weighted by atomic mass is 32.2. The number of thioether (sulfide) groups is 1. The molecule has 0 N–H and O–H groups in total. The van der Waals surface area contributed by atoms with Gasteiger partial charge in [0.25, 0.3) is 0 Å². The lowest BCUT2D eigenvalue weighted by atomic mass is 9.95. The lowest BCUT2D eigenvalue weighted by Gasteiger charge is -2.32. The lowest BCUT2D eigenvalue weighted by molar-refractivity contribution is 0.255. The van der Waals surface area contributed by atoms with Gasteiger partial charge in [-0.05, 0) is 50.1 Å². The highest BCUT2D eigenvalue weighted by Gasteiger charge is 2.45. The van der Waals surface area contributed by atoms with Crippen molar-refractivity contribution < 1.29 is 0 Å². The van der Waals surface area contributed by atoms with E-state index < -0.39 is 0 Å². The molecule has 3 atom stereocenters. The van der Waals surface area contributed by atoms with Crippen LogP contribution in [0, 0.1) is 0 Å². The molecule has 3 heterocycles. The van der Waals surface area contributed by atoms with Gasteiger partial charge in [0.2, 0.25) is 0 Å². The Morgan fingerprint density at radius 3 is 2.48 bits per heavy atom. The van der Waals surface area contributed by atoms with Gasteiger partial charge in [0.1, 0.15) is 6.04 Å². The van der Waals surface area contributed by atoms with Crippen LogP contribution >= 0.6 is 11.8 Å². The quantitative estimate of drug-likeness (QED) is 0.713. The molecule has 4 rings (SSSR count). The fourth-order valence-electron chi connectivity index (χ4n) is 4.18. The number of anilines is 1. The molecule has 2 aromatic rings. The number of amidine groups is 1. The first-order chi connectivity index (χ1) is 13.3. The fraction of sp³-hybridized carbons (Fsp3) is 0.455. The summed E-state index contributed by atoms with van der Waals surface area (Å²) in [7, 11) is 0. The Morgan fingerprint density at radius 1 is 1.07 bits per heavy atom. The second-order valence-electron chi connectivity index (χ2n) is 7.10. The summed E-state index contributed by atoms with van der Waals surface area (Å²) in [6.07, 6.45) is 3.03. The number of fused-ring (bicyclic) bond motifs is 1. The zero-order valence-corrected chi connectivity index (χ0v) is 17.2. The topological polar surface area (TPSA) is 31.7 Å². The summed E-state index contributed by atoms with van der Waals surface area (Å²) in [5.41, 5.74) is 3.69. The number of nitrogens with zero attached hydrogens (tertiary/aromatic N) is 4. The zero-order valence-electron chi connectivity index (χ0n) is 16.4. The fourth-order valence-corrected chi connectivity index (χ4v) is 5.52. The Balaban J connectivity index is 1.71. The van der Waals surface area contributed by atoms with Crippen molar-refractivity contribution in [3.05, 3.63) is 59.9 Å². The number of aliphatic imine (C=N–C) groups is 1. The molecule has 1 aromatic heterocycles. The van der Waals surface area contributed by atoms with Crippen LogP contribution in [0.15, 0.2) is 53.7 Å². The van der Waals surface area contributed by atoms with Gasteiger partial charge in [0.15, 0.2) is 5.17 Å². The maximum atomic E-state index is 5.10. The monoisotopic (exact) mass is 380 g/mol. The predicted octanol–water partition coefficient (Wildman–Crippen LogP) is 4.91. The van der Waals surface area contributed by atoms with E-state index in [-0.39, 0.29) is 12.1 Å². The molecule has 27 heavy (non-hydrogen) atoms. The van der Waals surface area contributed by atoms with Gasteiger partial charge in [-0.25, -0.2) is 0 Å². The molecular formula is C22H28N4S. The van der Waals surface area contributed by atoms with Crippen LogP contribution in [0.3, 0.4) is 0 Å². The van der Waals surface area contributed by atoms with E-state index in [9.17, 15) is 0 Å². The van der Waals surface area contributed by atoms with Crippen LogP contribution in [0.5, 0.6) is 0 Å². The number of rotatable bonds is 6. The Bertz CT molecular complexity index is 786. The summed E-state index contributed by atoms with van der Waals surface area (Å²) in [5, 5.41) is 1.19. The van der Waals surface area contributed by atoms with E-state index in [2.05, 4.69) is 72.0 Å². The molecule has 1 fully saturated rings. The van der Waals surface area contributed by atoms with Crippen molar-refractivity contribution in [3.8, 4) is 0 Å². The van der Waals surface area contributed by atoms with Crippen LogP contribution in [0.2, 0.25) is 0 Å². The number of pyridine rings is 1. The van der Waals surface area contributed by atoms with Gasteiger partial charge in [-0.2, -0.15) is 0 Å². The minimum absolute atomic E-state index is 0.0716. The Hall–Kier alpha value is -2.01. The first-order valence-corrected chi connectivity index (χ1v) is 11.0. The summed E-state index contributed by atoms with van der Waals surface area (Å²) in [6, 6.07) is 16.1. The second-order valence-corrected chi connectivity index (χ2v) is 8.09. The summed E-state index contributed by atoms with van der Waals surface area (Å²) in [6.45, 7) is 8.76. The van der Waals surface area contributed by atoms with Crippen LogP contribution in [-0.4, -0.2) is 39.9 Å². The summed E-state index contributed by atoms with van der Waals surface area (Å²) in [5.74, 6) is 1.14. The molecule has 0 unspecified atom stereocenters. The third-order valence-electron chi connectivity index (χ3n) is 5.69. The van der Waals surface area contributed by atoms with Crippen molar-refractivity contribution in [1.82, 2.24) is 9.88 Å². The molecule has 0 amide bonds. The van der Waals surface area contributed by atoms with Crippen LogP contribution in [0.25, 0.3) is 0 Å². The second kappa shape index (κ2) is 7.93. The molecule has 0 bridgehead atoms. The van der Waals surface area contributed by atoms with Crippen molar-refractivity contribution in [2.24, 2.45) is 4.99 Å². The largest absolute Gasteiger partial charge is 0.372 e. The Morgan fingerprint density at radius 2 is 1.85 bits per heavy atom. The lowest BCUT2D eigenvalue weighted by Crippen LogP contribution is -2.35. The van der Waals surface area contributed by atoms with Crippen LogP contribution in [-0.2, 0) is 0 Å². The maximum Gasteiger partial charge on any atom is 0.160 e. The van der Waals surface area contributed by atoms with Gasteiger partial charge in [0, 0.05) is 36.8 Å². The predicted molar refractivity (Wildman–Crippen MR) is 116 cm³/mol. The third-order valence-corrected chi connectivity index (χ3v) is 6.82. The molecule has 0 aliphatic carbocycles. The first kappa shape index (κ1) is 18.4. The van der Waals surface area contributed by atoms with Crippen molar-refractivity contribution in [2.75, 3.05) is 23.7 Å². The molecule has 2 aliphatic rings. The molecular weight excluding hydrogens is 352 g/mol. The number of hydrogen-bond donors (Lipinski definition) is 0. The Kier molecular flexibility index (Phi) is 5.39. The Labute approximate surface area is 166 Å². The van der Waals surface area contributed by atoms with Gasteiger partial charge in [0.05, 0.1) is 11.7 Å². The molecule has 0 radical (unpaired) electrons. The highest BCUT2D eigenvalue weighted by molar-refractivity contribution is 8.14. The van der Waals surface area contributed by atoms with Crippen molar-refractivity contribution in [3.63, 3.8) is 0 Å². The smallest absolute Gasteiger partial charge is 0.160 e. The molecule has 5 heteroatoms. The van der Waals surface area contributed by atoms with Gasteiger partial charge >= 0.3 is 0 Å². The average Bonchev–Trinajstić information content (AvgIpc) is 3.29. The van der Waals surface area contributed by atoms with E-state index >= 15 is 0 Å². The summed E-state index contributed by atoms with van der Waals surface area (Å²) in [4.78, 5) is 14.7. The van der Waals surface area contributed by atoms with Crippen molar-refractivity contribution in [2.45, 2.75) is 45.3 Å². The van der Waals surface area contributed by atoms with Gasteiger partial charge in [-0.3, -0.25) is 9.98 Å². The molecule has 4 nitrogen and oxygen atoms in total. The molecule has 0 saturated carbocycles. The molecule has 1 aromatic carbocycles. The van der Waals surface area contributed by atoms with E-state index in [0.717, 1.165) is 31.0 Å². The van der Waals surface area contributed by atoms with Crippen LogP contribution in [0.1, 0.15) is 50.5 Å². The SMILES string of the molecule is CC[C@H]1CSC2=N[C@H](c3ccccn3)[C@@H](c3ccc(N(CC)CC)cc3)N21. The van der Waals surface area contributed by atoms with E-state index in [1.54, 1.807) is 0 Å². The molecule has 2 aliphatic heterocycles. The maximum absolute atomic E-state index is 5.10. The van der Waals surface area contributed by atoms with E-state index in [0.29, 0.717) is 6.04 Å². The normalized spacial score (nSPS) is 24.0. The first-order valence-electron chi connectivity index (χ1n) is 10.0. The molecule has 1 saturated heterocycles. The van der Waals surface area contributed by atoms with E-state index in [4.69, 9.17) is 4.99 Å². The molecule has 142 valence electrons. The van der Waals surface area contributed by atoms with Crippen LogP contribution < -0.4 is 4.90 Å². The summed E-state index contributed by atoms with van der Waals surface area (Å²) < 4.78 is 0. The summed E-state index contributed by atoms with van der Waals surface area (Å²) >= 11 is 1.90. The zero-order chi connectivity index (χ0) is 18.8. The van der Waals surface area contributed by atoms with Crippen molar-refractivity contribution in [1.29, 1.82) is 0 Å². The van der Waals surface area contributed by atoms with Gasteiger partial charge < -0.3 is 9.80 Å². The number of hydrogen-bond acceptors (Lipinski definition) is 5. The minimum Gasteiger partial charge on any atom is -0.372 e.